The number of nitriles is 1. The summed E-state index contributed by atoms with van der Waals surface area (Å²) in [6, 6.07) is 12.2. The molecular weight excluding hydrogens is 450 g/mol. The number of benzene rings is 1. The molecule has 32 heavy (non-hydrogen) atoms. The normalized spacial score (nSPS) is 15.0. The number of rotatable bonds is 6. The second-order valence-electron chi connectivity index (χ2n) is 7.34. The van der Waals surface area contributed by atoms with Crippen molar-refractivity contribution < 1.29 is 23.1 Å². The van der Waals surface area contributed by atoms with E-state index in [0.29, 0.717) is 37.6 Å². The third-order valence-corrected chi connectivity index (χ3v) is 8.49. The third-order valence-electron chi connectivity index (χ3n) is 5.35. The number of carboxylic acids is 1. The van der Waals surface area contributed by atoms with Gasteiger partial charge in [-0.25, -0.2) is 8.42 Å². The van der Waals surface area contributed by atoms with Gasteiger partial charge in [0.25, 0.3) is 0 Å². The van der Waals surface area contributed by atoms with E-state index in [2.05, 4.69) is 6.07 Å². The van der Waals surface area contributed by atoms with E-state index in [1.54, 1.807) is 47.0 Å². The first kappa shape index (κ1) is 22.4. The van der Waals surface area contributed by atoms with E-state index < -0.39 is 16.0 Å². The average molecular weight is 472 g/mol. The molecule has 166 valence electrons. The molecule has 3 heterocycles. The molecule has 1 N–H and O–H groups in total. The van der Waals surface area contributed by atoms with Crippen LogP contribution in [-0.2, 0) is 26.0 Å². The summed E-state index contributed by atoms with van der Waals surface area (Å²) in [5, 5.41) is 18.6. The van der Waals surface area contributed by atoms with Crippen LogP contribution in [-0.4, -0.2) is 54.5 Å². The minimum absolute atomic E-state index is 0.143. The maximum Gasteiger partial charge on any atom is 0.309 e. The lowest BCUT2D eigenvalue weighted by Gasteiger charge is -2.26. The van der Waals surface area contributed by atoms with Crippen LogP contribution in [0.15, 0.2) is 57.3 Å². The smallest absolute Gasteiger partial charge is 0.309 e. The van der Waals surface area contributed by atoms with Crippen LogP contribution >= 0.6 is 11.8 Å². The molecule has 0 spiro atoms. The Balaban J connectivity index is 1.68. The number of nitrogens with zero attached hydrogens (tertiary/aromatic N) is 3. The number of fused-ring (bicyclic) bond motifs is 1. The van der Waals surface area contributed by atoms with E-state index in [1.165, 1.54) is 16.1 Å². The molecule has 1 aromatic carbocycles. The van der Waals surface area contributed by atoms with Crippen LogP contribution < -0.4 is 0 Å². The zero-order valence-electron chi connectivity index (χ0n) is 17.3. The molecule has 3 aromatic rings. The lowest BCUT2D eigenvalue weighted by molar-refractivity contribution is -0.136. The molecule has 10 heteroatoms. The predicted molar refractivity (Wildman–Crippen MR) is 118 cm³/mol. The molecule has 1 fully saturated rings. The quantitative estimate of drug-likeness (QED) is 0.588. The van der Waals surface area contributed by atoms with Crippen molar-refractivity contribution in [2.45, 2.75) is 28.0 Å². The molecule has 1 saturated heterocycles. The first-order valence-corrected chi connectivity index (χ1v) is 12.2. The second-order valence-corrected chi connectivity index (χ2v) is 10.4. The SMILES string of the molecule is Cc1c(Sc2ccc(S(=O)(=O)N3CCOCC3)cc2)c2cc(C#N)ccn2c1CC(=O)O. The Morgan fingerprint density at radius 1 is 1.22 bits per heavy atom. The van der Waals surface area contributed by atoms with Gasteiger partial charge in [0.2, 0.25) is 10.0 Å². The van der Waals surface area contributed by atoms with Gasteiger partial charge in [0.05, 0.1) is 41.7 Å². The lowest BCUT2D eigenvalue weighted by atomic mass is 10.2. The van der Waals surface area contributed by atoms with E-state index in [1.807, 2.05) is 6.92 Å². The largest absolute Gasteiger partial charge is 0.481 e. The van der Waals surface area contributed by atoms with Gasteiger partial charge in [-0.1, -0.05) is 11.8 Å². The molecule has 8 nitrogen and oxygen atoms in total. The van der Waals surface area contributed by atoms with E-state index in [9.17, 15) is 23.6 Å². The number of pyridine rings is 1. The molecule has 0 aliphatic carbocycles. The Kier molecular flexibility index (Phi) is 6.26. The summed E-state index contributed by atoms with van der Waals surface area (Å²) in [6.07, 6.45) is 1.57. The first-order chi connectivity index (χ1) is 15.3. The summed E-state index contributed by atoms with van der Waals surface area (Å²) in [5.74, 6) is -0.939. The van der Waals surface area contributed by atoms with Gasteiger partial charge < -0.3 is 14.2 Å². The molecule has 0 bridgehead atoms. The number of carboxylic acid groups (broad SMARTS) is 1. The summed E-state index contributed by atoms with van der Waals surface area (Å²) in [6.45, 7) is 3.30. The van der Waals surface area contributed by atoms with Crippen molar-refractivity contribution in [3.05, 3.63) is 59.4 Å². The third kappa shape index (κ3) is 4.25. The van der Waals surface area contributed by atoms with Crippen molar-refractivity contribution in [3.63, 3.8) is 0 Å². The van der Waals surface area contributed by atoms with Crippen LogP contribution in [0.3, 0.4) is 0 Å². The van der Waals surface area contributed by atoms with Crippen molar-refractivity contribution in [2.24, 2.45) is 0 Å². The fourth-order valence-electron chi connectivity index (χ4n) is 3.71. The molecule has 4 rings (SSSR count). The van der Waals surface area contributed by atoms with Gasteiger partial charge in [-0.05, 0) is 48.9 Å². The number of aliphatic carboxylic acids is 1. The summed E-state index contributed by atoms with van der Waals surface area (Å²) >= 11 is 1.41. The standard InChI is InChI=1S/C22H21N3O5S2/c1-15-19(13-21(26)27)25-7-6-16(14-23)12-20(25)22(15)31-17-2-4-18(5-3-17)32(28,29)24-8-10-30-11-9-24/h2-7,12H,8-11,13H2,1H3,(H,26,27). The fraction of sp³-hybridized carbons (Fsp3) is 0.273. The number of hydrogen-bond acceptors (Lipinski definition) is 6. The number of hydrogen-bond donors (Lipinski definition) is 1. The highest BCUT2D eigenvalue weighted by Crippen LogP contribution is 2.38. The summed E-state index contributed by atoms with van der Waals surface area (Å²) in [5.41, 5.74) is 2.68. The summed E-state index contributed by atoms with van der Waals surface area (Å²) in [7, 11) is -3.57. The zero-order valence-corrected chi connectivity index (χ0v) is 18.9. The minimum atomic E-state index is -3.57. The highest BCUT2D eigenvalue weighted by molar-refractivity contribution is 7.99. The van der Waals surface area contributed by atoms with Crippen molar-refractivity contribution in [1.29, 1.82) is 5.26 Å². The fourth-order valence-corrected chi connectivity index (χ4v) is 6.16. The number of aromatic nitrogens is 1. The minimum Gasteiger partial charge on any atom is -0.481 e. The monoisotopic (exact) mass is 471 g/mol. The van der Waals surface area contributed by atoms with Gasteiger partial charge in [-0.2, -0.15) is 9.57 Å². The van der Waals surface area contributed by atoms with Crippen molar-refractivity contribution in [2.75, 3.05) is 26.3 Å². The number of morpholine rings is 1. The van der Waals surface area contributed by atoms with Gasteiger partial charge >= 0.3 is 5.97 Å². The molecular formula is C22H21N3O5S2. The van der Waals surface area contributed by atoms with Crippen LogP contribution in [0.5, 0.6) is 0 Å². The molecule has 0 amide bonds. The topological polar surface area (TPSA) is 112 Å². The Hall–Kier alpha value is -2.84. The first-order valence-electron chi connectivity index (χ1n) is 9.92. The van der Waals surface area contributed by atoms with Crippen LogP contribution in [0.2, 0.25) is 0 Å². The van der Waals surface area contributed by atoms with Crippen molar-refractivity contribution in [3.8, 4) is 6.07 Å². The Labute approximate surface area is 190 Å². The van der Waals surface area contributed by atoms with Gasteiger partial charge in [0, 0.05) is 34.8 Å². The summed E-state index contributed by atoms with van der Waals surface area (Å²) in [4.78, 5) is 13.2. The highest BCUT2D eigenvalue weighted by atomic mass is 32.2. The van der Waals surface area contributed by atoms with Gasteiger partial charge in [0.1, 0.15) is 0 Å². The number of sulfonamides is 1. The molecule has 0 radical (unpaired) electrons. The van der Waals surface area contributed by atoms with Crippen LogP contribution in [0, 0.1) is 18.3 Å². The van der Waals surface area contributed by atoms with Crippen LogP contribution in [0.4, 0.5) is 0 Å². The number of ether oxygens (including phenoxy) is 1. The Bertz CT molecular complexity index is 1320. The maximum absolute atomic E-state index is 12.8. The van der Waals surface area contributed by atoms with E-state index in [-0.39, 0.29) is 11.3 Å². The molecule has 0 saturated carbocycles. The summed E-state index contributed by atoms with van der Waals surface area (Å²) < 4.78 is 34.1. The van der Waals surface area contributed by atoms with E-state index >= 15 is 0 Å². The van der Waals surface area contributed by atoms with Crippen molar-refractivity contribution in [1.82, 2.24) is 8.71 Å². The second kappa shape index (κ2) is 8.96. The van der Waals surface area contributed by atoms with Gasteiger partial charge in [0.15, 0.2) is 0 Å². The Morgan fingerprint density at radius 2 is 1.91 bits per heavy atom. The molecule has 1 aliphatic heterocycles. The maximum atomic E-state index is 12.8. The predicted octanol–water partition coefficient (Wildman–Crippen LogP) is 2.92. The molecule has 2 aromatic heterocycles. The molecule has 0 unspecified atom stereocenters. The Morgan fingerprint density at radius 3 is 2.53 bits per heavy atom. The van der Waals surface area contributed by atoms with E-state index in [0.717, 1.165) is 20.9 Å². The van der Waals surface area contributed by atoms with Crippen molar-refractivity contribution >= 4 is 33.3 Å². The zero-order chi connectivity index (χ0) is 22.9. The number of carbonyl (C=O) groups is 1. The van der Waals surface area contributed by atoms with Crippen LogP contribution in [0.25, 0.3) is 5.52 Å². The average Bonchev–Trinajstić information content (AvgIpc) is 3.04. The van der Waals surface area contributed by atoms with E-state index in [4.69, 9.17) is 4.74 Å². The lowest BCUT2D eigenvalue weighted by Crippen LogP contribution is -2.40. The molecule has 0 atom stereocenters. The highest BCUT2D eigenvalue weighted by Gasteiger charge is 2.26. The molecule has 1 aliphatic rings. The van der Waals surface area contributed by atoms with Gasteiger partial charge in [-0.3, -0.25) is 4.79 Å². The van der Waals surface area contributed by atoms with Crippen LogP contribution in [0.1, 0.15) is 16.8 Å². The van der Waals surface area contributed by atoms with Gasteiger partial charge in [-0.15, -0.1) is 0 Å².